The molecule has 30 heavy (non-hydrogen) atoms. The van der Waals surface area contributed by atoms with Gasteiger partial charge in [-0.2, -0.15) is 0 Å². The Bertz CT molecular complexity index is 1320. The van der Waals surface area contributed by atoms with Gasteiger partial charge >= 0.3 is 6.16 Å². The molecule has 7 heteroatoms. The van der Waals surface area contributed by atoms with Crippen molar-refractivity contribution < 1.29 is 14.6 Å². The quantitative estimate of drug-likeness (QED) is 0.399. The maximum Gasteiger partial charge on any atom is 0.511 e. The zero-order chi connectivity index (χ0) is 21.3. The van der Waals surface area contributed by atoms with Crippen LogP contribution in [-0.4, -0.2) is 15.8 Å². The lowest BCUT2D eigenvalue weighted by Gasteiger charge is -2.14. The third-order valence-corrected chi connectivity index (χ3v) is 5.55. The normalized spacial score (nSPS) is 10.9. The molecule has 0 fully saturated rings. The third kappa shape index (κ3) is 3.90. The van der Waals surface area contributed by atoms with Crippen LogP contribution in [0.4, 0.5) is 4.79 Å². The van der Waals surface area contributed by atoms with Crippen LogP contribution in [-0.2, 0) is 6.42 Å². The summed E-state index contributed by atoms with van der Waals surface area (Å²) in [5.74, 6) is -0.267. The van der Waals surface area contributed by atoms with Crippen molar-refractivity contribution in [1.29, 1.82) is 0 Å². The molecule has 0 aliphatic heterocycles. The second kappa shape index (κ2) is 8.22. The molecule has 0 aliphatic rings. The molecule has 3 aromatic carbocycles. The van der Waals surface area contributed by atoms with Crippen molar-refractivity contribution in [3.63, 3.8) is 0 Å². The number of carboxylic acid groups (broad SMARTS) is 1. The number of benzene rings is 3. The highest BCUT2D eigenvalue weighted by molar-refractivity contribution is 6.42. The van der Waals surface area contributed by atoms with E-state index in [9.17, 15) is 9.59 Å². The summed E-state index contributed by atoms with van der Waals surface area (Å²) in [6.45, 7) is 0. The number of aromatic nitrogens is 1. The molecule has 0 unspecified atom stereocenters. The Kier molecular flexibility index (Phi) is 5.48. The van der Waals surface area contributed by atoms with Gasteiger partial charge in [0.2, 0.25) is 5.43 Å². The van der Waals surface area contributed by atoms with Gasteiger partial charge in [-0.05, 0) is 47.9 Å². The number of nitrogens with zero attached hydrogens (tertiary/aromatic N) is 1. The lowest BCUT2D eigenvalue weighted by Crippen LogP contribution is -2.16. The molecule has 0 bridgehead atoms. The molecule has 1 aromatic heterocycles. The van der Waals surface area contributed by atoms with E-state index in [1.165, 1.54) is 6.20 Å². The topological polar surface area (TPSA) is 68.5 Å². The first kappa shape index (κ1) is 20.0. The van der Waals surface area contributed by atoms with Crippen LogP contribution in [0.3, 0.4) is 0 Å². The molecule has 5 nitrogen and oxygen atoms in total. The minimum Gasteiger partial charge on any atom is -0.449 e. The smallest absolute Gasteiger partial charge is 0.449 e. The number of pyridine rings is 1. The second-order valence-corrected chi connectivity index (χ2v) is 7.42. The summed E-state index contributed by atoms with van der Waals surface area (Å²) in [5.41, 5.74) is 2.55. The first-order valence-electron chi connectivity index (χ1n) is 9.01. The standard InChI is InChI=1S/C23H15Cl2NO4/c24-18-8-4-5-15(21(18)25)11-14-9-10-19-17(12-14)22(27)20(30-23(28)29)13-26(19)16-6-2-1-3-7-16/h1-10,12-13H,11H2,(H,28,29). The highest BCUT2D eigenvalue weighted by atomic mass is 35.5. The number of rotatable bonds is 4. The SMILES string of the molecule is O=C(O)Oc1cn(-c2ccccc2)c2ccc(Cc3cccc(Cl)c3Cl)cc2c1=O. The number of para-hydroxylation sites is 1. The fourth-order valence-electron chi connectivity index (χ4n) is 3.34. The average Bonchev–Trinajstić information content (AvgIpc) is 2.74. The molecule has 0 saturated heterocycles. The van der Waals surface area contributed by atoms with Crippen molar-refractivity contribution in [3.8, 4) is 11.4 Å². The van der Waals surface area contributed by atoms with E-state index in [-0.39, 0.29) is 5.75 Å². The van der Waals surface area contributed by atoms with Gasteiger partial charge in [0.15, 0.2) is 5.75 Å². The van der Waals surface area contributed by atoms with E-state index in [1.807, 2.05) is 54.6 Å². The molecule has 0 radical (unpaired) electrons. The minimum absolute atomic E-state index is 0.267. The maximum absolute atomic E-state index is 12.9. The average molecular weight is 440 g/mol. The van der Waals surface area contributed by atoms with E-state index in [1.54, 1.807) is 16.7 Å². The van der Waals surface area contributed by atoms with Crippen LogP contribution in [0.1, 0.15) is 11.1 Å². The summed E-state index contributed by atoms with van der Waals surface area (Å²) in [4.78, 5) is 24.0. The monoisotopic (exact) mass is 439 g/mol. The van der Waals surface area contributed by atoms with Crippen molar-refractivity contribution >= 4 is 40.3 Å². The Balaban J connectivity index is 1.90. The van der Waals surface area contributed by atoms with Crippen LogP contribution in [0.25, 0.3) is 16.6 Å². The van der Waals surface area contributed by atoms with E-state index >= 15 is 0 Å². The van der Waals surface area contributed by atoms with Gasteiger partial charge in [-0.3, -0.25) is 4.79 Å². The maximum atomic E-state index is 12.9. The van der Waals surface area contributed by atoms with Gasteiger partial charge in [-0.15, -0.1) is 0 Å². The number of carbonyl (C=O) groups is 1. The molecule has 4 rings (SSSR count). The number of ether oxygens (including phenoxy) is 1. The lowest BCUT2D eigenvalue weighted by molar-refractivity contribution is 0.144. The molecule has 1 heterocycles. The van der Waals surface area contributed by atoms with Crippen molar-refractivity contribution in [3.05, 3.63) is 104 Å². The van der Waals surface area contributed by atoms with Gasteiger partial charge in [0.05, 0.1) is 27.1 Å². The number of halogens is 2. The van der Waals surface area contributed by atoms with E-state index in [2.05, 4.69) is 0 Å². The van der Waals surface area contributed by atoms with Crippen molar-refractivity contribution in [1.82, 2.24) is 4.57 Å². The van der Waals surface area contributed by atoms with Crippen LogP contribution < -0.4 is 10.2 Å². The van der Waals surface area contributed by atoms with E-state index < -0.39 is 11.6 Å². The van der Waals surface area contributed by atoms with Crippen LogP contribution in [0.15, 0.2) is 77.7 Å². The predicted molar refractivity (Wildman–Crippen MR) is 117 cm³/mol. The van der Waals surface area contributed by atoms with E-state index in [4.69, 9.17) is 33.0 Å². The molecule has 0 amide bonds. The van der Waals surface area contributed by atoms with Crippen LogP contribution in [0.5, 0.6) is 5.75 Å². The number of hydrogen-bond acceptors (Lipinski definition) is 3. The Hall–Kier alpha value is -3.28. The van der Waals surface area contributed by atoms with Crippen molar-refractivity contribution in [2.24, 2.45) is 0 Å². The number of fused-ring (bicyclic) bond motifs is 1. The fourth-order valence-corrected chi connectivity index (χ4v) is 3.72. The highest BCUT2D eigenvalue weighted by Gasteiger charge is 2.15. The van der Waals surface area contributed by atoms with E-state index in [0.29, 0.717) is 27.4 Å². The summed E-state index contributed by atoms with van der Waals surface area (Å²) in [5, 5.41) is 10.3. The summed E-state index contributed by atoms with van der Waals surface area (Å²) in [6.07, 6.45) is 0.305. The van der Waals surface area contributed by atoms with Crippen LogP contribution in [0, 0.1) is 0 Å². The summed E-state index contributed by atoms with van der Waals surface area (Å²) in [7, 11) is 0. The van der Waals surface area contributed by atoms with Crippen molar-refractivity contribution in [2.45, 2.75) is 6.42 Å². The summed E-state index contributed by atoms with van der Waals surface area (Å²) in [6, 6.07) is 20.1. The third-order valence-electron chi connectivity index (χ3n) is 4.69. The molecule has 4 aromatic rings. The summed E-state index contributed by atoms with van der Waals surface area (Å²) >= 11 is 12.4. The van der Waals surface area contributed by atoms with Gasteiger partial charge in [0.25, 0.3) is 0 Å². The fraction of sp³-hybridized carbons (Fsp3) is 0.0435. The zero-order valence-corrected chi connectivity index (χ0v) is 17.0. The molecule has 150 valence electrons. The molecule has 0 atom stereocenters. The molecule has 0 spiro atoms. The van der Waals surface area contributed by atoms with Gasteiger partial charge in [-0.25, -0.2) is 4.79 Å². The first-order chi connectivity index (χ1) is 14.4. The van der Waals surface area contributed by atoms with Crippen LogP contribution in [0.2, 0.25) is 10.0 Å². The first-order valence-corrected chi connectivity index (χ1v) is 9.77. The van der Waals surface area contributed by atoms with Gasteiger partial charge < -0.3 is 14.4 Å². The Morgan fingerprint density at radius 2 is 1.77 bits per heavy atom. The largest absolute Gasteiger partial charge is 0.511 e. The van der Waals surface area contributed by atoms with Gasteiger partial charge in [-0.1, -0.05) is 59.6 Å². The van der Waals surface area contributed by atoms with Crippen LogP contribution >= 0.6 is 23.2 Å². The minimum atomic E-state index is -1.55. The highest BCUT2D eigenvalue weighted by Crippen LogP contribution is 2.28. The van der Waals surface area contributed by atoms with E-state index in [0.717, 1.165) is 16.8 Å². The Morgan fingerprint density at radius 3 is 2.50 bits per heavy atom. The van der Waals surface area contributed by atoms with Gasteiger partial charge in [0, 0.05) is 5.69 Å². The number of hydrogen-bond donors (Lipinski definition) is 1. The Labute approximate surface area is 181 Å². The zero-order valence-electron chi connectivity index (χ0n) is 15.5. The molecule has 0 saturated carbocycles. The molecular formula is C23H15Cl2NO4. The van der Waals surface area contributed by atoms with Crippen molar-refractivity contribution in [2.75, 3.05) is 0 Å². The molecular weight excluding hydrogens is 425 g/mol. The summed E-state index contributed by atoms with van der Waals surface area (Å²) < 4.78 is 6.48. The molecule has 0 aliphatic carbocycles. The van der Waals surface area contributed by atoms with Gasteiger partial charge in [0.1, 0.15) is 0 Å². The second-order valence-electron chi connectivity index (χ2n) is 6.64. The predicted octanol–water partition coefficient (Wildman–Crippen LogP) is 5.95. The Morgan fingerprint density at radius 1 is 1.00 bits per heavy atom. The lowest BCUT2D eigenvalue weighted by atomic mass is 10.0. The molecule has 1 N–H and O–H groups in total.